The van der Waals surface area contributed by atoms with Crippen molar-refractivity contribution < 1.29 is 18.0 Å². The molecule has 0 spiro atoms. The van der Waals surface area contributed by atoms with E-state index in [1.165, 1.54) is 4.31 Å². The van der Waals surface area contributed by atoms with Crippen LogP contribution in [0.1, 0.15) is 42.0 Å². The van der Waals surface area contributed by atoms with Gasteiger partial charge in [-0.25, -0.2) is 8.42 Å². The number of rotatable bonds is 10. The van der Waals surface area contributed by atoms with Gasteiger partial charge < -0.3 is 10.2 Å². The molecule has 1 heterocycles. The molecule has 0 unspecified atom stereocenters. The van der Waals surface area contributed by atoms with Gasteiger partial charge in [-0.15, -0.1) is 0 Å². The first-order chi connectivity index (χ1) is 17.8. The molecule has 0 bridgehead atoms. The van der Waals surface area contributed by atoms with Crippen LogP contribution in [-0.2, 0) is 39.1 Å². The zero-order chi connectivity index (χ0) is 26.4. The molecule has 0 aliphatic carbocycles. The zero-order valence-electron chi connectivity index (χ0n) is 21.3. The van der Waals surface area contributed by atoms with Gasteiger partial charge in [-0.1, -0.05) is 67.1 Å². The number of para-hydroxylation sites is 1. The van der Waals surface area contributed by atoms with Crippen molar-refractivity contribution in [3.8, 4) is 0 Å². The van der Waals surface area contributed by atoms with Crippen LogP contribution in [0.15, 0.2) is 77.7 Å². The highest BCUT2D eigenvalue weighted by atomic mass is 32.2. The summed E-state index contributed by atoms with van der Waals surface area (Å²) in [5.41, 5.74) is 4.23. The van der Waals surface area contributed by atoms with Crippen LogP contribution in [0.2, 0.25) is 0 Å². The normalized spacial score (nSPS) is 13.6. The van der Waals surface area contributed by atoms with Crippen molar-refractivity contribution in [2.75, 3.05) is 17.4 Å². The van der Waals surface area contributed by atoms with E-state index >= 15 is 0 Å². The fraction of sp³-hybridized carbons (Fsp3) is 0.310. The van der Waals surface area contributed by atoms with Crippen molar-refractivity contribution in [1.82, 2.24) is 10.2 Å². The van der Waals surface area contributed by atoms with E-state index in [1.54, 1.807) is 36.4 Å². The summed E-state index contributed by atoms with van der Waals surface area (Å²) in [7, 11) is -3.96. The lowest BCUT2D eigenvalue weighted by Crippen LogP contribution is -2.41. The minimum Gasteiger partial charge on any atom is -0.350 e. The number of amides is 2. The fourth-order valence-electron chi connectivity index (χ4n) is 4.43. The monoisotopic (exact) mass is 519 g/mol. The van der Waals surface area contributed by atoms with Crippen molar-refractivity contribution in [2.24, 2.45) is 0 Å². The Kier molecular flexibility index (Phi) is 8.28. The second-order valence-corrected chi connectivity index (χ2v) is 11.2. The van der Waals surface area contributed by atoms with E-state index in [1.807, 2.05) is 55.1 Å². The first-order valence-corrected chi connectivity index (χ1v) is 14.0. The molecule has 0 saturated carbocycles. The van der Waals surface area contributed by atoms with Crippen LogP contribution < -0.4 is 9.62 Å². The lowest BCUT2D eigenvalue weighted by Gasteiger charge is -2.26. The van der Waals surface area contributed by atoms with Crippen molar-refractivity contribution in [1.29, 1.82) is 0 Å². The van der Waals surface area contributed by atoms with Crippen LogP contribution >= 0.6 is 0 Å². The van der Waals surface area contributed by atoms with Crippen molar-refractivity contribution >= 4 is 27.5 Å². The molecule has 1 aliphatic heterocycles. The summed E-state index contributed by atoms with van der Waals surface area (Å²) in [4.78, 5) is 26.9. The second kappa shape index (κ2) is 11.6. The van der Waals surface area contributed by atoms with Crippen LogP contribution in [-0.4, -0.2) is 38.2 Å². The van der Waals surface area contributed by atoms with E-state index in [2.05, 4.69) is 5.32 Å². The summed E-state index contributed by atoms with van der Waals surface area (Å²) in [6.45, 7) is 5.18. The Labute approximate surface area is 219 Å². The molecular formula is C29H33N3O4S. The molecule has 37 heavy (non-hydrogen) atoms. The summed E-state index contributed by atoms with van der Waals surface area (Å²) in [5, 5.41) is 2.86. The van der Waals surface area contributed by atoms with Gasteiger partial charge in [-0.05, 0) is 54.7 Å². The SMILES string of the molecule is CCc1ccccc1N(CC(=O)NCc1ccc(CN2CCCC2=O)cc1)S(=O)(=O)c1ccc(C)cc1. The minimum atomic E-state index is -3.96. The number of benzene rings is 3. The quantitative estimate of drug-likeness (QED) is 0.435. The summed E-state index contributed by atoms with van der Waals surface area (Å²) in [6, 6.07) is 21.7. The summed E-state index contributed by atoms with van der Waals surface area (Å²) in [6.07, 6.45) is 2.15. The predicted octanol–water partition coefficient (Wildman–Crippen LogP) is 4.19. The summed E-state index contributed by atoms with van der Waals surface area (Å²) < 4.78 is 28.5. The van der Waals surface area contributed by atoms with Crippen molar-refractivity contribution in [3.05, 3.63) is 95.1 Å². The van der Waals surface area contributed by atoms with E-state index in [0.29, 0.717) is 25.1 Å². The van der Waals surface area contributed by atoms with E-state index in [0.717, 1.165) is 35.2 Å². The Morgan fingerprint density at radius 3 is 2.30 bits per heavy atom. The highest BCUT2D eigenvalue weighted by molar-refractivity contribution is 7.92. The van der Waals surface area contributed by atoms with Gasteiger partial charge in [-0.2, -0.15) is 0 Å². The molecule has 0 radical (unpaired) electrons. The summed E-state index contributed by atoms with van der Waals surface area (Å²) >= 11 is 0. The minimum absolute atomic E-state index is 0.142. The highest BCUT2D eigenvalue weighted by Gasteiger charge is 2.28. The number of nitrogens with one attached hydrogen (secondary N) is 1. The Morgan fingerprint density at radius 2 is 1.65 bits per heavy atom. The van der Waals surface area contributed by atoms with E-state index < -0.39 is 15.9 Å². The molecule has 1 aliphatic rings. The number of carbonyl (C=O) groups is 2. The van der Waals surface area contributed by atoms with Gasteiger partial charge in [-0.3, -0.25) is 13.9 Å². The Bertz CT molecular complexity index is 1350. The predicted molar refractivity (Wildman–Crippen MR) is 144 cm³/mol. The molecule has 3 aromatic carbocycles. The smallest absolute Gasteiger partial charge is 0.264 e. The van der Waals surface area contributed by atoms with Gasteiger partial charge in [0, 0.05) is 26.1 Å². The van der Waals surface area contributed by atoms with Crippen LogP contribution in [0, 0.1) is 6.92 Å². The van der Waals surface area contributed by atoms with Crippen LogP contribution in [0.4, 0.5) is 5.69 Å². The van der Waals surface area contributed by atoms with Crippen LogP contribution in [0.3, 0.4) is 0 Å². The van der Waals surface area contributed by atoms with Crippen LogP contribution in [0.5, 0.6) is 0 Å². The Morgan fingerprint density at radius 1 is 0.973 bits per heavy atom. The van der Waals surface area contributed by atoms with Gasteiger partial charge >= 0.3 is 0 Å². The number of anilines is 1. The molecule has 1 fully saturated rings. The number of aryl methyl sites for hydroxylation is 2. The molecule has 1 N–H and O–H groups in total. The highest BCUT2D eigenvalue weighted by Crippen LogP contribution is 2.27. The Balaban J connectivity index is 1.47. The summed E-state index contributed by atoms with van der Waals surface area (Å²) in [5.74, 6) is -0.209. The second-order valence-electron chi connectivity index (χ2n) is 9.32. The molecule has 0 aromatic heterocycles. The number of hydrogen-bond acceptors (Lipinski definition) is 4. The molecule has 4 rings (SSSR count). The third-order valence-electron chi connectivity index (χ3n) is 6.59. The average Bonchev–Trinajstić information content (AvgIpc) is 3.31. The topological polar surface area (TPSA) is 86.8 Å². The molecule has 0 atom stereocenters. The molecule has 7 nitrogen and oxygen atoms in total. The molecule has 194 valence electrons. The maximum Gasteiger partial charge on any atom is 0.264 e. The van der Waals surface area contributed by atoms with E-state index in [4.69, 9.17) is 0 Å². The largest absolute Gasteiger partial charge is 0.350 e. The number of nitrogens with zero attached hydrogens (tertiary/aromatic N) is 2. The van der Waals surface area contributed by atoms with Gasteiger partial charge in [0.25, 0.3) is 10.0 Å². The zero-order valence-corrected chi connectivity index (χ0v) is 22.1. The maximum absolute atomic E-state index is 13.6. The standard InChI is InChI=1S/C29H33N3O4S/c1-3-25-7-4-5-8-27(25)32(37(35,36)26-16-10-22(2)11-17-26)21-28(33)30-19-23-12-14-24(15-13-23)20-31-18-6-9-29(31)34/h4-5,7-8,10-17H,3,6,9,18-21H2,1-2H3,(H,30,33). The molecule has 8 heteroatoms. The van der Waals surface area contributed by atoms with Gasteiger partial charge in [0.05, 0.1) is 10.6 Å². The molecule has 3 aromatic rings. The lowest BCUT2D eigenvalue weighted by atomic mass is 10.1. The molecular weight excluding hydrogens is 486 g/mol. The van der Waals surface area contributed by atoms with Gasteiger partial charge in [0.1, 0.15) is 6.54 Å². The van der Waals surface area contributed by atoms with Crippen LogP contribution in [0.25, 0.3) is 0 Å². The van der Waals surface area contributed by atoms with E-state index in [-0.39, 0.29) is 23.9 Å². The third-order valence-corrected chi connectivity index (χ3v) is 8.37. The van der Waals surface area contributed by atoms with Gasteiger partial charge in [0.15, 0.2) is 0 Å². The third kappa shape index (κ3) is 6.38. The first-order valence-electron chi connectivity index (χ1n) is 12.6. The Hall–Kier alpha value is -3.65. The average molecular weight is 520 g/mol. The van der Waals surface area contributed by atoms with E-state index in [9.17, 15) is 18.0 Å². The number of likely N-dealkylation sites (tertiary alicyclic amines) is 1. The van der Waals surface area contributed by atoms with Gasteiger partial charge in [0.2, 0.25) is 11.8 Å². The molecule has 2 amide bonds. The molecule has 1 saturated heterocycles. The van der Waals surface area contributed by atoms with Crippen molar-refractivity contribution in [3.63, 3.8) is 0 Å². The number of sulfonamides is 1. The number of hydrogen-bond donors (Lipinski definition) is 1. The maximum atomic E-state index is 13.6. The first kappa shape index (κ1) is 26.4. The number of carbonyl (C=O) groups excluding carboxylic acids is 2. The fourth-order valence-corrected chi connectivity index (χ4v) is 5.89. The van der Waals surface area contributed by atoms with Crippen molar-refractivity contribution in [2.45, 2.75) is 51.1 Å². The lowest BCUT2D eigenvalue weighted by molar-refractivity contribution is -0.128.